The van der Waals surface area contributed by atoms with Crippen LogP contribution in [0.4, 0.5) is 0 Å². The van der Waals surface area contributed by atoms with Gasteiger partial charge in [-0.2, -0.15) is 5.10 Å². The summed E-state index contributed by atoms with van der Waals surface area (Å²) < 4.78 is 0. The van der Waals surface area contributed by atoms with E-state index in [0.29, 0.717) is 6.54 Å². The second-order valence-electron chi connectivity index (χ2n) is 4.32. The molecule has 3 N–H and O–H groups in total. The topological polar surface area (TPSA) is 60.9 Å². The lowest BCUT2D eigenvalue weighted by atomic mass is 10.2. The number of thiophene rings is 1. The van der Waals surface area contributed by atoms with Gasteiger partial charge < -0.3 is 10.4 Å². The number of hydrogen-bond acceptors (Lipinski definition) is 4. The van der Waals surface area contributed by atoms with Gasteiger partial charge in [0, 0.05) is 18.7 Å². The predicted octanol–water partition coefficient (Wildman–Crippen LogP) is 2.39. The second kappa shape index (κ2) is 6.68. The van der Waals surface area contributed by atoms with Crippen LogP contribution < -0.4 is 5.32 Å². The Labute approximate surface area is 111 Å². The van der Waals surface area contributed by atoms with E-state index in [0.717, 1.165) is 30.6 Å². The quantitative estimate of drug-likeness (QED) is 0.720. The average Bonchev–Trinajstić information content (AvgIpc) is 2.98. The molecule has 2 rings (SSSR count). The maximum atomic E-state index is 9.65. The van der Waals surface area contributed by atoms with Crippen LogP contribution in [-0.2, 0) is 6.54 Å². The summed E-state index contributed by atoms with van der Waals surface area (Å²) >= 11 is 1.69. The van der Waals surface area contributed by atoms with Gasteiger partial charge in [0.15, 0.2) is 0 Å². The van der Waals surface area contributed by atoms with Crippen LogP contribution >= 0.6 is 11.3 Å². The third-order valence-electron chi connectivity index (χ3n) is 2.80. The standard InChI is InChI=1S/C13H19N3OS/c1-2-4-11(17)9-14-7-10-8-15-16-13(10)12-5-3-6-18-12/h3,5-6,8,11,14,17H,2,4,7,9H2,1H3,(H,15,16). The van der Waals surface area contributed by atoms with Crippen molar-refractivity contribution in [2.45, 2.75) is 32.4 Å². The van der Waals surface area contributed by atoms with Crippen molar-refractivity contribution in [3.63, 3.8) is 0 Å². The molecule has 0 aliphatic heterocycles. The van der Waals surface area contributed by atoms with Gasteiger partial charge in [0.25, 0.3) is 0 Å². The monoisotopic (exact) mass is 265 g/mol. The lowest BCUT2D eigenvalue weighted by Crippen LogP contribution is -2.26. The molecule has 2 heterocycles. The number of aliphatic hydroxyl groups is 1. The van der Waals surface area contributed by atoms with Crippen molar-refractivity contribution in [1.29, 1.82) is 0 Å². The SMILES string of the molecule is CCCC(O)CNCc1cn[nH]c1-c1cccs1. The molecule has 0 aromatic carbocycles. The molecule has 0 amide bonds. The van der Waals surface area contributed by atoms with Crippen LogP contribution in [-0.4, -0.2) is 28.0 Å². The lowest BCUT2D eigenvalue weighted by Gasteiger charge is -2.10. The van der Waals surface area contributed by atoms with Crippen LogP contribution in [0.25, 0.3) is 10.6 Å². The first-order valence-corrected chi connectivity index (χ1v) is 7.14. The zero-order valence-corrected chi connectivity index (χ0v) is 11.3. The Balaban J connectivity index is 1.89. The van der Waals surface area contributed by atoms with Gasteiger partial charge >= 0.3 is 0 Å². The Hall–Kier alpha value is -1.17. The van der Waals surface area contributed by atoms with E-state index in [2.05, 4.69) is 33.9 Å². The molecule has 0 saturated carbocycles. The largest absolute Gasteiger partial charge is 0.392 e. The fourth-order valence-corrected chi connectivity index (χ4v) is 2.64. The van der Waals surface area contributed by atoms with Gasteiger partial charge in [-0.1, -0.05) is 19.4 Å². The normalized spacial score (nSPS) is 12.8. The molecule has 18 heavy (non-hydrogen) atoms. The lowest BCUT2D eigenvalue weighted by molar-refractivity contribution is 0.160. The third-order valence-corrected chi connectivity index (χ3v) is 3.69. The second-order valence-corrected chi connectivity index (χ2v) is 5.27. The molecular formula is C13H19N3OS. The Bertz CT molecular complexity index is 453. The highest BCUT2D eigenvalue weighted by molar-refractivity contribution is 7.13. The summed E-state index contributed by atoms with van der Waals surface area (Å²) in [5.41, 5.74) is 2.21. The fourth-order valence-electron chi connectivity index (χ4n) is 1.89. The van der Waals surface area contributed by atoms with E-state index in [1.165, 1.54) is 4.88 Å². The van der Waals surface area contributed by atoms with E-state index in [4.69, 9.17) is 0 Å². The van der Waals surface area contributed by atoms with Gasteiger partial charge in [-0.25, -0.2) is 0 Å². The number of nitrogens with one attached hydrogen (secondary N) is 2. The van der Waals surface area contributed by atoms with E-state index < -0.39 is 0 Å². The fraction of sp³-hybridized carbons (Fsp3) is 0.462. The average molecular weight is 265 g/mol. The van der Waals surface area contributed by atoms with E-state index in [9.17, 15) is 5.11 Å². The first-order valence-electron chi connectivity index (χ1n) is 6.26. The molecule has 5 heteroatoms. The van der Waals surface area contributed by atoms with Crippen molar-refractivity contribution in [2.24, 2.45) is 0 Å². The molecule has 0 bridgehead atoms. The van der Waals surface area contributed by atoms with Crippen LogP contribution in [0.1, 0.15) is 25.3 Å². The summed E-state index contributed by atoms with van der Waals surface area (Å²) in [5.74, 6) is 0. The van der Waals surface area contributed by atoms with Crippen LogP contribution in [0.3, 0.4) is 0 Å². The molecule has 2 aromatic rings. The first-order chi connectivity index (χ1) is 8.81. The molecule has 1 unspecified atom stereocenters. The zero-order chi connectivity index (χ0) is 12.8. The summed E-state index contributed by atoms with van der Waals surface area (Å²) in [6.07, 6.45) is 3.44. The van der Waals surface area contributed by atoms with Crippen LogP contribution in [0, 0.1) is 0 Å². The van der Waals surface area contributed by atoms with Crippen molar-refractivity contribution in [3.05, 3.63) is 29.3 Å². The highest BCUT2D eigenvalue weighted by atomic mass is 32.1. The minimum atomic E-state index is -0.257. The van der Waals surface area contributed by atoms with E-state index in [1.807, 2.05) is 12.3 Å². The number of rotatable bonds is 7. The van der Waals surface area contributed by atoms with E-state index in [-0.39, 0.29) is 6.10 Å². The summed E-state index contributed by atoms with van der Waals surface area (Å²) in [4.78, 5) is 1.19. The van der Waals surface area contributed by atoms with Crippen molar-refractivity contribution >= 4 is 11.3 Å². The Morgan fingerprint density at radius 1 is 1.56 bits per heavy atom. The number of aliphatic hydroxyl groups excluding tert-OH is 1. The maximum absolute atomic E-state index is 9.65. The Kier molecular flexibility index (Phi) is 4.92. The molecular weight excluding hydrogens is 246 g/mol. The minimum absolute atomic E-state index is 0.257. The third kappa shape index (κ3) is 3.41. The highest BCUT2D eigenvalue weighted by Gasteiger charge is 2.09. The predicted molar refractivity (Wildman–Crippen MR) is 74.5 cm³/mol. The minimum Gasteiger partial charge on any atom is -0.392 e. The van der Waals surface area contributed by atoms with Crippen molar-refractivity contribution < 1.29 is 5.11 Å². The Morgan fingerprint density at radius 3 is 3.17 bits per heavy atom. The van der Waals surface area contributed by atoms with Gasteiger partial charge in [-0.3, -0.25) is 5.10 Å². The molecule has 0 fully saturated rings. The number of H-pyrrole nitrogens is 1. The number of hydrogen-bond donors (Lipinski definition) is 3. The maximum Gasteiger partial charge on any atom is 0.0794 e. The van der Waals surface area contributed by atoms with Crippen LogP contribution in [0.15, 0.2) is 23.7 Å². The number of nitrogens with zero attached hydrogens (tertiary/aromatic N) is 1. The van der Waals surface area contributed by atoms with Crippen molar-refractivity contribution in [3.8, 4) is 10.6 Å². The number of aromatic amines is 1. The molecule has 0 radical (unpaired) electrons. The molecule has 4 nitrogen and oxygen atoms in total. The smallest absolute Gasteiger partial charge is 0.0794 e. The molecule has 0 saturated heterocycles. The summed E-state index contributed by atoms with van der Waals surface area (Å²) in [6.45, 7) is 3.43. The van der Waals surface area contributed by atoms with Gasteiger partial charge in [-0.05, 0) is 17.9 Å². The molecule has 0 aliphatic rings. The van der Waals surface area contributed by atoms with Gasteiger partial charge in [0.2, 0.25) is 0 Å². The zero-order valence-electron chi connectivity index (χ0n) is 10.5. The van der Waals surface area contributed by atoms with E-state index in [1.54, 1.807) is 11.3 Å². The van der Waals surface area contributed by atoms with Crippen LogP contribution in [0.5, 0.6) is 0 Å². The highest BCUT2D eigenvalue weighted by Crippen LogP contribution is 2.25. The Morgan fingerprint density at radius 2 is 2.44 bits per heavy atom. The number of aromatic nitrogens is 2. The van der Waals surface area contributed by atoms with Gasteiger partial charge in [0.1, 0.15) is 0 Å². The van der Waals surface area contributed by atoms with Crippen molar-refractivity contribution in [1.82, 2.24) is 15.5 Å². The first kappa shape index (κ1) is 13.3. The molecule has 2 aromatic heterocycles. The molecule has 0 spiro atoms. The van der Waals surface area contributed by atoms with Gasteiger partial charge in [-0.15, -0.1) is 11.3 Å². The van der Waals surface area contributed by atoms with Gasteiger partial charge in [0.05, 0.1) is 22.9 Å². The summed E-state index contributed by atoms with van der Waals surface area (Å²) in [6, 6.07) is 4.11. The molecule has 0 aliphatic carbocycles. The molecule has 98 valence electrons. The molecule has 1 atom stereocenters. The van der Waals surface area contributed by atoms with Crippen molar-refractivity contribution in [2.75, 3.05) is 6.54 Å². The van der Waals surface area contributed by atoms with Crippen LogP contribution in [0.2, 0.25) is 0 Å². The summed E-state index contributed by atoms with van der Waals surface area (Å²) in [7, 11) is 0. The van der Waals surface area contributed by atoms with E-state index >= 15 is 0 Å². The summed E-state index contributed by atoms with van der Waals surface area (Å²) in [5, 5.41) is 22.1.